The molecule has 1 aliphatic rings. The van der Waals surface area contributed by atoms with E-state index in [1.54, 1.807) is 35.2 Å². The first-order valence-corrected chi connectivity index (χ1v) is 9.37. The Hall–Kier alpha value is -3.55. The number of rotatable bonds is 2. The van der Waals surface area contributed by atoms with Gasteiger partial charge in [0.1, 0.15) is 5.60 Å². The van der Waals surface area contributed by atoms with Gasteiger partial charge in [0.25, 0.3) is 5.91 Å². The van der Waals surface area contributed by atoms with Crippen molar-refractivity contribution in [2.45, 2.75) is 32.8 Å². The first-order valence-electron chi connectivity index (χ1n) is 9.37. The van der Waals surface area contributed by atoms with Crippen LogP contribution in [-0.4, -0.2) is 34.1 Å². The molecule has 150 valence electrons. The molecule has 2 aromatic carbocycles. The van der Waals surface area contributed by atoms with Gasteiger partial charge in [0.05, 0.1) is 16.7 Å². The maximum atomic E-state index is 12.9. The molecule has 0 aliphatic carbocycles. The number of carbonyl (C=O) groups excluding carboxylic acids is 2. The van der Waals surface area contributed by atoms with E-state index >= 15 is 0 Å². The van der Waals surface area contributed by atoms with Crippen molar-refractivity contribution in [3.63, 3.8) is 0 Å². The van der Waals surface area contributed by atoms with E-state index < -0.39 is 11.7 Å². The minimum atomic E-state index is -0.591. The zero-order valence-corrected chi connectivity index (χ0v) is 16.5. The number of ether oxygens (including phenoxy) is 1. The number of hydrogen-bond acceptors (Lipinski definition) is 4. The Morgan fingerprint density at radius 2 is 1.86 bits per heavy atom. The molecule has 3 N–H and O–H groups in total. The number of hydrogen-bond donors (Lipinski definition) is 3. The number of fused-ring (bicyclic) bond motifs is 2. The van der Waals surface area contributed by atoms with Gasteiger partial charge in [-0.2, -0.15) is 0 Å². The van der Waals surface area contributed by atoms with Crippen molar-refractivity contribution < 1.29 is 14.3 Å². The molecule has 0 saturated heterocycles. The smallest absolute Gasteiger partial charge is 0.414 e. The van der Waals surface area contributed by atoms with Gasteiger partial charge in [-0.05, 0) is 63.1 Å². The van der Waals surface area contributed by atoms with Gasteiger partial charge in [0.15, 0.2) is 0 Å². The van der Waals surface area contributed by atoms with Crippen molar-refractivity contribution in [3.8, 4) is 0 Å². The third-order valence-corrected chi connectivity index (χ3v) is 4.66. The second-order valence-corrected chi connectivity index (χ2v) is 7.98. The van der Waals surface area contributed by atoms with Crippen LogP contribution in [0.1, 0.15) is 36.7 Å². The van der Waals surface area contributed by atoms with Crippen LogP contribution in [0.15, 0.2) is 41.2 Å². The summed E-state index contributed by atoms with van der Waals surface area (Å²) in [5.74, 6) is -0.273. The first-order chi connectivity index (χ1) is 13.7. The maximum absolute atomic E-state index is 12.9. The molecular weight excluding hydrogens is 372 g/mol. The molecule has 0 radical (unpaired) electrons. The van der Waals surface area contributed by atoms with Gasteiger partial charge < -0.3 is 20.0 Å². The summed E-state index contributed by atoms with van der Waals surface area (Å²) in [5.41, 5.74) is 2.97. The van der Waals surface area contributed by atoms with Crippen LogP contribution in [0.2, 0.25) is 0 Å². The fourth-order valence-corrected chi connectivity index (χ4v) is 3.46. The highest BCUT2D eigenvalue weighted by atomic mass is 16.6. The maximum Gasteiger partial charge on any atom is 0.414 e. The number of nitrogens with zero attached hydrogens (tertiary/aromatic N) is 1. The minimum Gasteiger partial charge on any atom is -0.443 e. The standard InChI is InChI=1S/C21H22N4O4/c1-21(2,3)29-20(28)25-10-9-13-14(5-4-6-17(13)25)18(26)22-12-7-8-15-16(11-12)24-19(27)23-15/h4-8,11H,9-10H2,1-3H3,(H,22,26)(H2,23,24,27). The SMILES string of the molecule is CC(C)(C)OC(=O)N1CCc2c(C(=O)Nc3ccc4[nH]c(=O)[nH]c4c3)cccc21. The van der Waals surface area contributed by atoms with E-state index in [0.717, 1.165) is 5.56 Å². The highest BCUT2D eigenvalue weighted by Gasteiger charge is 2.31. The minimum absolute atomic E-state index is 0.273. The number of anilines is 2. The van der Waals surface area contributed by atoms with Gasteiger partial charge in [-0.15, -0.1) is 0 Å². The number of aromatic amines is 2. The van der Waals surface area contributed by atoms with Crippen molar-refractivity contribution >= 4 is 34.4 Å². The third kappa shape index (κ3) is 3.73. The van der Waals surface area contributed by atoms with Crippen molar-refractivity contribution in [2.24, 2.45) is 0 Å². The number of benzene rings is 2. The van der Waals surface area contributed by atoms with E-state index in [-0.39, 0.29) is 11.6 Å². The number of imidazole rings is 1. The van der Waals surface area contributed by atoms with Gasteiger partial charge in [-0.3, -0.25) is 9.69 Å². The lowest BCUT2D eigenvalue weighted by Gasteiger charge is -2.24. The van der Waals surface area contributed by atoms with Crippen molar-refractivity contribution in [2.75, 3.05) is 16.8 Å². The van der Waals surface area contributed by atoms with E-state index in [1.807, 2.05) is 26.8 Å². The van der Waals surface area contributed by atoms with Gasteiger partial charge in [0, 0.05) is 17.8 Å². The summed E-state index contributed by atoms with van der Waals surface area (Å²) in [4.78, 5) is 43.7. The van der Waals surface area contributed by atoms with Gasteiger partial charge in [-0.25, -0.2) is 9.59 Å². The molecule has 2 amide bonds. The van der Waals surface area contributed by atoms with Gasteiger partial charge >= 0.3 is 11.8 Å². The van der Waals surface area contributed by atoms with Crippen LogP contribution in [0.3, 0.4) is 0 Å². The van der Waals surface area contributed by atoms with Gasteiger partial charge in [0.2, 0.25) is 0 Å². The number of carbonyl (C=O) groups is 2. The summed E-state index contributed by atoms with van der Waals surface area (Å²) in [6.07, 6.45) is 0.151. The lowest BCUT2D eigenvalue weighted by atomic mass is 10.0. The molecule has 29 heavy (non-hydrogen) atoms. The number of amides is 2. The molecule has 8 nitrogen and oxygen atoms in total. The lowest BCUT2D eigenvalue weighted by Crippen LogP contribution is -2.35. The predicted octanol–water partition coefficient (Wildman–Crippen LogP) is 3.41. The molecule has 2 heterocycles. The van der Waals surface area contributed by atoms with Crippen molar-refractivity contribution in [1.82, 2.24) is 9.97 Å². The van der Waals surface area contributed by atoms with Gasteiger partial charge in [-0.1, -0.05) is 6.07 Å². The van der Waals surface area contributed by atoms with Crippen LogP contribution >= 0.6 is 0 Å². The molecule has 0 saturated carbocycles. The molecule has 0 atom stereocenters. The summed E-state index contributed by atoms with van der Waals surface area (Å²) < 4.78 is 5.47. The summed E-state index contributed by atoms with van der Waals surface area (Å²) in [6, 6.07) is 10.5. The van der Waals surface area contributed by atoms with Crippen LogP contribution in [-0.2, 0) is 11.2 Å². The van der Waals surface area contributed by atoms with E-state index in [1.165, 1.54) is 0 Å². The zero-order valence-electron chi connectivity index (χ0n) is 16.5. The van der Waals surface area contributed by atoms with Crippen molar-refractivity contribution in [1.29, 1.82) is 0 Å². The monoisotopic (exact) mass is 394 g/mol. The highest BCUT2D eigenvalue weighted by molar-refractivity contribution is 6.08. The number of aromatic nitrogens is 2. The molecule has 0 fully saturated rings. The Morgan fingerprint density at radius 3 is 2.62 bits per heavy atom. The molecular formula is C21H22N4O4. The average Bonchev–Trinajstić information content (AvgIpc) is 3.22. The third-order valence-electron chi connectivity index (χ3n) is 4.66. The molecule has 4 rings (SSSR count). The number of H-pyrrole nitrogens is 2. The average molecular weight is 394 g/mol. The second kappa shape index (κ2) is 6.80. The van der Waals surface area contributed by atoms with E-state index in [4.69, 9.17) is 4.74 Å². The molecule has 8 heteroatoms. The fraction of sp³-hybridized carbons (Fsp3) is 0.286. The molecule has 1 aromatic heterocycles. The topological polar surface area (TPSA) is 107 Å². The first kappa shape index (κ1) is 18.8. The van der Waals surface area contributed by atoms with Crippen molar-refractivity contribution in [3.05, 3.63) is 58.0 Å². The van der Waals surface area contributed by atoms with Crippen LogP contribution < -0.4 is 15.9 Å². The Balaban J connectivity index is 1.58. The zero-order chi connectivity index (χ0) is 20.8. The predicted molar refractivity (Wildman–Crippen MR) is 111 cm³/mol. The normalized spacial score (nSPS) is 13.4. The van der Waals surface area contributed by atoms with Crippen LogP contribution in [0, 0.1) is 0 Å². The summed E-state index contributed by atoms with van der Waals surface area (Å²) in [5, 5.41) is 2.86. The fourth-order valence-electron chi connectivity index (χ4n) is 3.46. The molecule has 0 spiro atoms. The highest BCUT2D eigenvalue weighted by Crippen LogP contribution is 2.32. The largest absolute Gasteiger partial charge is 0.443 e. The summed E-state index contributed by atoms with van der Waals surface area (Å²) in [6.45, 7) is 5.92. The molecule has 3 aromatic rings. The summed E-state index contributed by atoms with van der Waals surface area (Å²) in [7, 11) is 0. The Bertz CT molecular complexity index is 1170. The van der Waals surface area contributed by atoms with Crippen LogP contribution in [0.4, 0.5) is 16.2 Å². The van der Waals surface area contributed by atoms with Crippen LogP contribution in [0.25, 0.3) is 11.0 Å². The molecule has 0 unspecified atom stereocenters. The second-order valence-electron chi connectivity index (χ2n) is 7.98. The van der Waals surface area contributed by atoms with E-state index in [0.29, 0.717) is 40.9 Å². The Kier molecular flexibility index (Phi) is 4.41. The lowest BCUT2D eigenvalue weighted by molar-refractivity contribution is 0.0583. The van der Waals surface area contributed by atoms with E-state index in [2.05, 4.69) is 15.3 Å². The Morgan fingerprint density at radius 1 is 1.10 bits per heavy atom. The Labute approximate surface area is 166 Å². The van der Waals surface area contributed by atoms with E-state index in [9.17, 15) is 14.4 Å². The van der Waals surface area contributed by atoms with Crippen LogP contribution in [0.5, 0.6) is 0 Å². The summed E-state index contributed by atoms with van der Waals surface area (Å²) >= 11 is 0. The molecule has 0 bridgehead atoms. The molecule has 1 aliphatic heterocycles. The quantitative estimate of drug-likeness (QED) is 0.619. The number of nitrogens with one attached hydrogen (secondary N) is 3.